The zero-order valence-corrected chi connectivity index (χ0v) is 19.6. The lowest BCUT2D eigenvalue weighted by atomic mass is 10.2. The summed E-state index contributed by atoms with van der Waals surface area (Å²) in [5.41, 5.74) is 1.30. The Morgan fingerprint density at radius 1 is 1.03 bits per heavy atom. The molecule has 1 unspecified atom stereocenters. The monoisotopic (exact) mass is 488 g/mol. The summed E-state index contributed by atoms with van der Waals surface area (Å²) in [6.45, 7) is 1.76. The second-order valence-corrected chi connectivity index (χ2v) is 9.35. The van der Waals surface area contributed by atoms with E-state index in [9.17, 15) is 22.8 Å². The van der Waals surface area contributed by atoms with E-state index in [2.05, 4.69) is 15.7 Å². The van der Waals surface area contributed by atoms with Gasteiger partial charge in [-0.25, -0.2) is 8.42 Å². The number of esters is 1. The van der Waals surface area contributed by atoms with Crippen molar-refractivity contribution in [1.82, 2.24) is 5.32 Å². The number of sulfone groups is 1. The number of hydrogen-bond donors (Lipinski definition) is 3. The van der Waals surface area contributed by atoms with Gasteiger partial charge in [-0.15, -0.1) is 0 Å². The average molecular weight is 489 g/mol. The van der Waals surface area contributed by atoms with Crippen LogP contribution in [-0.2, 0) is 29.0 Å². The third kappa shape index (κ3) is 9.02. The quantitative estimate of drug-likeness (QED) is 0.177. The molecule has 0 heterocycles. The van der Waals surface area contributed by atoms with Crippen LogP contribution in [0.3, 0.4) is 0 Å². The Hall–Kier alpha value is -3.73. The third-order valence-corrected chi connectivity index (χ3v) is 6.44. The first kappa shape index (κ1) is 26.5. The largest absolute Gasteiger partial charge is 0.466 e. The van der Waals surface area contributed by atoms with Crippen LogP contribution in [0.25, 0.3) is 0 Å². The van der Waals surface area contributed by atoms with Crippen LogP contribution in [0.5, 0.6) is 0 Å². The highest BCUT2D eigenvalue weighted by molar-refractivity contribution is 7.91. The van der Waals surface area contributed by atoms with Crippen LogP contribution in [0.15, 0.2) is 64.6 Å². The highest BCUT2D eigenvalue weighted by atomic mass is 32.2. The van der Waals surface area contributed by atoms with E-state index in [0.29, 0.717) is 5.69 Å². The maximum atomic E-state index is 12.7. The third-order valence-electron chi connectivity index (χ3n) is 4.60. The minimum Gasteiger partial charge on any atom is -0.466 e. The van der Waals surface area contributed by atoms with E-state index in [1.807, 2.05) is 0 Å². The number of carbonyl (C=O) groups is 3. The molecular weight excluding hydrogens is 460 g/mol. The van der Waals surface area contributed by atoms with E-state index >= 15 is 0 Å². The second kappa shape index (κ2) is 13.1. The van der Waals surface area contributed by atoms with Crippen LogP contribution >= 0.6 is 0 Å². The molecule has 0 aromatic heterocycles. The number of hydrogen-bond acceptors (Lipinski definition) is 8. The molecule has 2 amide bonds. The van der Waals surface area contributed by atoms with Crippen LogP contribution in [0.2, 0.25) is 0 Å². The number of benzene rings is 2. The number of nitrogens with zero attached hydrogens (tertiary/aromatic N) is 1. The predicted octanol–water partition coefficient (Wildman–Crippen LogP) is 1.61. The lowest BCUT2D eigenvalue weighted by Gasteiger charge is -2.18. The van der Waals surface area contributed by atoms with Crippen LogP contribution in [0, 0.1) is 0 Å². The molecule has 2 rings (SSSR count). The number of hydrazone groups is 1. The van der Waals surface area contributed by atoms with Gasteiger partial charge < -0.3 is 21.2 Å². The Balaban J connectivity index is 1.95. The van der Waals surface area contributed by atoms with E-state index in [1.165, 1.54) is 18.3 Å². The molecular formula is C23H28N4O6S. The van der Waals surface area contributed by atoms with Gasteiger partial charge >= 0.3 is 5.97 Å². The number of anilines is 1. The van der Waals surface area contributed by atoms with Gasteiger partial charge in [0.1, 0.15) is 0 Å². The molecule has 0 aliphatic heterocycles. The molecule has 10 nitrogen and oxygen atoms in total. The zero-order valence-electron chi connectivity index (χ0n) is 18.8. The number of amides is 2. The molecule has 0 aliphatic rings. The van der Waals surface area contributed by atoms with Gasteiger partial charge in [-0.2, -0.15) is 5.10 Å². The minimum absolute atomic E-state index is 0.0845. The summed E-state index contributed by atoms with van der Waals surface area (Å²) in [5, 5.41) is 8.62. The minimum atomic E-state index is -3.76. The summed E-state index contributed by atoms with van der Waals surface area (Å²) >= 11 is 0. The van der Waals surface area contributed by atoms with E-state index in [-0.39, 0.29) is 30.8 Å². The Bertz CT molecular complexity index is 1100. The highest BCUT2D eigenvalue weighted by Gasteiger charge is 2.25. The summed E-state index contributed by atoms with van der Waals surface area (Å²) < 4.78 is 30.3. The Labute approximate surface area is 198 Å². The molecule has 34 heavy (non-hydrogen) atoms. The summed E-state index contributed by atoms with van der Waals surface area (Å²) in [4.78, 5) is 36.6. The molecule has 0 fully saturated rings. The molecule has 2 aromatic rings. The Morgan fingerprint density at radius 3 is 2.29 bits per heavy atom. The molecule has 0 radical (unpaired) electrons. The van der Waals surface area contributed by atoms with Crippen LogP contribution in [0.1, 0.15) is 31.7 Å². The first-order valence-corrected chi connectivity index (χ1v) is 12.2. The molecule has 11 heteroatoms. The van der Waals surface area contributed by atoms with Crippen molar-refractivity contribution in [3.63, 3.8) is 0 Å². The maximum absolute atomic E-state index is 12.7. The van der Waals surface area contributed by atoms with Gasteiger partial charge in [0.25, 0.3) is 0 Å². The van der Waals surface area contributed by atoms with E-state index in [4.69, 9.17) is 10.6 Å². The number of ether oxygens (including phenoxy) is 1. The fourth-order valence-electron chi connectivity index (χ4n) is 3.05. The maximum Gasteiger partial charge on any atom is 0.307 e. The van der Waals surface area contributed by atoms with Gasteiger partial charge in [0.2, 0.25) is 11.8 Å². The second-order valence-electron chi connectivity index (χ2n) is 7.32. The van der Waals surface area contributed by atoms with Crippen LogP contribution in [0.4, 0.5) is 5.69 Å². The highest BCUT2D eigenvalue weighted by Crippen LogP contribution is 2.14. The van der Waals surface area contributed by atoms with Crippen molar-refractivity contribution >= 4 is 39.5 Å². The zero-order chi connectivity index (χ0) is 25.0. The number of carbonyl (C=O) groups excluding carboxylic acids is 3. The fourth-order valence-corrected chi connectivity index (χ4v) is 4.55. The van der Waals surface area contributed by atoms with Crippen molar-refractivity contribution in [3.05, 3.63) is 60.2 Å². The van der Waals surface area contributed by atoms with Crippen molar-refractivity contribution in [1.29, 1.82) is 0 Å². The molecule has 1 atom stereocenters. The molecule has 2 aromatic carbocycles. The fraction of sp³-hybridized carbons (Fsp3) is 0.304. The number of nitrogens with one attached hydrogen (secondary N) is 2. The molecule has 0 aliphatic carbocycles. The van der Waals surface area contributed by atoms with Crippen molar-refractivity contribution in [3.8, 4) is 0 Å². The molecule has 0 saturated heterocycles. The van der Waals surface area contributed by atoms with Gasteiger partial charge in [-0.1, -0.05) is 30.3 Å². The van der Waals surface area contributed by atoms with Gasteiger partial charge in [-0.05, 0) is 36.8 Å². The molecule has 4 N–H and O–H groups in total. The SMILES string of the molecule is CCOC(=O)CC(CS(=O)(=O)c1ccccc1)NC(=O)CCC(=O)Nc1ccc(C=NN)cc1. The topological polar surface area (TPSA) is 157 Å². The van der Waals surface area contributed by atoms with Crippen molar-refractivity contribution < 1.29 is 27.5 Å². The first-order valence-electron chi connectivity index (χ1n) is 10.6. The molecule has 0 spiro atoms. The molecule has 0 saturated carbocycles. The predicted molar refractivity (Wildman–Crippen MR) is 128 cm³/mol. The van der Waals surface area contributed by atoms with Crippen molar-refractivity contribution in [2.75, 3.05) is 17.7 Å². The molecule has 0 bridgehead atoms. The van der Waals surface area contributed by atoms with Gasteiger partial charge in [0.05, 0.1) is 35.9 Å². The van der Waals surface area contributed by atoms with E-state index in [1.54, 1.807) is 49.4 Å². The average Bonchev–Trinajstić information content (AvgIpc) is 2.79. The Morgan fingerprint density at radius 2 is 1.68 bits per heavy atom. The lowest BCUT2D eigenvalue weighted by Crippen LogP contribution is -2.41. The van der Waals surface area contributed by atoms with E-state index < -0.39 is 39.4 Å². The Kier molecular flexibility index (Phi) is 10.2. The summed E-state index contributed by atoms with van der Waals surface area (Å²) in [6.07, 6.45) is 0.834. The standard InChI is InChI=1S/C23H28N4O6S/c1-2-33-23(30)14-19(16-34(31,32)20-6-4-3-5-7-20)27-22(29)13-12-21(28)26-18-10-8-17(9-11-18)15-25-24/h3-11,15,19H,2,12-14,16,24H2,1H3,(H,26,28)(H,27,29). The van der Waals surface area contributed by atoms with E-state index in [0.717, 1.165) is 5.56 Å². The number of nitrogens with two attached hydrogens (primary N) is 1. The van der Waals surface area contributed by atoms with Crippen molar-refractivity contribution in [2.24, 2.45) is 10.9 Å². The number of rotatable bonds is 12. The first-order chi connectivity index (χ1) is 16.2. The van der Waals surface area contributed by atoms with Crippen LogP contribution in [-0.4, -0.2) is 50.8 Å². The van der Waals surface area contributed by atoms with Gasteiger partial charge in [0, 0.05) is 18.5 Å². The van der Waals surface area contributed by atoms with Gasteiger partial charge in [0.15, 0.2) is 9.84 Å². The van der Waals surface area contributed by atoms with Gasteiger partial charge in [-0.3, -0.25) is 14.4 Å². The van der Waals surface area contributed by atoms with Crippen molar-refractivity contribution in [2.45, 2.75) is 37.1 Å². The lowest BCUT2D eigenvalue weighted by molar-refractivity contribution is -0.143. The summed E-state index contributed by atoms with van der Waals surface area (Å²) in [6, 6.07) is 13.5. The smallest absolute Gasteiger partial charge is 0.307 e. The summed E-state index contributed by atoms with van der Waals surface area (Å²) in [7, 11) is -3.76. The summed E-state index contributed by atoms with van der Waals surface area (Å²) in [5.74, 6) is 3.03. The van der Waals surface area contributed by atoms with Crippen LogP contribution < -0.4 is 16.5 Å². The molecule has 182 valence electrons. The normalized spacial score (nSPS) is 12.1.